The maximum absolute atomic E-state index is 12.0. The van der Waals surface area contributed by atoms with Crippen LogP contribution in [0, 0.1) is 0 Å². The fraction of sp³-hybridized carbons (Fsp3) is 0.385. The maximum Gasteiger partial charge on any atom is 0.253 e. The topological polar surface area (TPSA) is 84.2 Å². The Morgan fingerprint density at radius 3 is 2.68 bits per heavy atom. The van der Waals surface area contributed by atoms with E-state index in [9.17, 15) is 9.59 Å². The van der Waals surface area contributed by atoms with Gasteiger partial charge in [-0.2, -0.15) is 0 Å². The molecule has 1 saturated carbocycles. The minimum Gasteiger partial charge on any atom is -0.399 e. The molecule has 5 nitrogen and oxygen atoms in total. The lowest BCUT2D eigenvalue weighted by Crippen LogP contribution is -2.45. The van der Waals surface area contributed by atoms with E-state index in [1.165, 1.54) is 6.07 Å². The molecule has 1 aliphatic rings. The van der Waals surface area contributed by atoms with Crippen LogP contribution < -0.4 is 16.4 Å². The van der Waals surface area contributed by atoms with Gasteiger partial charge in [0.05, 0.1) is 10.6 Å². The van der Waals surface area contributed by atoms with Crippen molar-refractivity contribution < 1.29 is 9.59 Å². The third-order valence-electron chi connectivity index (χ3n) is 2.90. The van der Waals surface area contributed by atoms with E-state index in [-0.39, 0.29) is 22.9 Å². The first-order chi connectivity index (χ1) is 8.97. The normalized spacial score (nSPS) is 15.7. The van der Waals surface area contributed by atoms with Gasteiger partial charge in [-0.05, 0) is 38.0 Å². The number of hydrogen-bond donors (Lipinski definition) is 3. The quantitative estimate of drug-likeness (QED) is 0.728. The summed E-state index contributed by atoms with van der Waals surface area (Å²) in [5, 5.41) is 5.71. The summed E-state index contributed by atoms with van der Waals surface area (Å²) in [4.78, 5) is 23.7. The maximum atomic E-state index is 12.0. The van der Waals surface area contributed by atoms with Gasteiger partial charge in [-0.25, -0.2) is 0 Å². The fourth-order valence-electron chi connectivity index (χ4n) is 1.61. The van der Waals surface area contributed by atoms with Gasteiger partial charge in [0.2, 0.25) is 5.91 Å². The minimum absolute atomic E-state index is 0.178. The van der Waals surface area contributed by atoms with E-state index < -0.39 is 6.04 Å². The van der Waals surface area contributed by atoms with Crippen LogP contribution in [0.15, 0.2) is 18.2 Å². The molecule has 2 rings (SSSR count). The largest absolute Gasteiger partial charge is 0.399 e. The van der Waals surface area contributed by atoms with Gasteiger partial charge >= 0.3 is 0 Å². The SMILES string of the molecule is CC(NC(=O)c1ccc(N)cc1Cl)C(=O)NC1CC1. The number of halogens is 1. The number of carbonyl (C=O) groups is 2. The average Bonchev–Trinajstić information content (AvgIpc) is 3.12. The van der Waals surface area contributed by atoms with Gasteiger partial charge in [-0.15, -0.1) is 0 Å². The van der Waals surface area contributed by atoms with E-state index in [0.717, 1.165) is 12.8 Å². The molecule has 4 N–H and O–H groups in total. The van der Waals surface area contributed by atoms with Gasteiger partial charge in [0.15, 0.2) is 0 Å². The van der Waals surface area contributed by atoms with Crippen molar-refractivity contribution in [1.29, 1.82) is 0 Å². The summed E-state index contributed by atoms with van der Waals surface area (Å²) in [7, 11) is 0. The molecule has 0 spiro atoms. The van der Waals surface area contributed by atoms with Crippen molar-refractivity contribution >= 4 is 29.1 Å². The highest BCUT2D eigenvalue weighted by molar-refractivity contribution is 6.34. The number of hydrogen-bond acceptors (Lipinski definition) is 3. The summed E-state index contributed by atoms with van der Waals surface area (Å²) in [6.07, 6.45) is 2.02. The molecule has 0 aromatic heterocycles. The monoisotopic (exact) mass is 281 g/mol. The number of rotatable bonds is 4. The summed E-state index contributed by atoms with van der Waals surface area (Å²) in [6.45, 7) is 1.64. The fourth-order valence-corrected chi connectivity index (χ4v) is 1.88. The Kier molecular flexibility index (Phi) is 3.95. The summed E-state index contributed by atoms with van der Waals surface area (Å²) in [5.74, 6) is -0.564. The number of benzene rings is 1. The van der Waals surface area contributed by atoms with Gasteiger partial charge in [0.1, 0.15) is 6.04 Å². The Morgan fingerprint density at radius 2 is 2.11 bits per heavy atom. The molecule has 1 aliphatic carbocycles. The smallest absolute Gasteiger partial charge is 0.253 e. The van der Waals surface area contributed by atoms with Crippen molar-refractivity contribution in [2.24, 2.45) is 0 Å². The van der Waals surface area contributed by atoms with Crippen LogP contribution in [0.1, 0.15) is 30.1 Å². The van der Waals surface area contributed by atoms with Crippen molar-refractivity contribution in [3.05, 3.63) is 28.8 Å². The van der Waals surface area contributed by atoms with E-state index in [4.69, 9.17) is 17.3 Å². The molecule has 1 atom stereocenters. The number of nitrogen functional groups attached to an aromatic ring is 1. The third kappa shape index (κ3) is 3.61. The number of anilines is 1. The molecule has 0 radical (unpaired) electrons. The standard InChI is InChI=1S/C13H16ClN3O2/c1-7(12(18)17-9-3-4-9)16-13(19)10-5-2-8(15)6-11(10)14/h2,5-7,9H,3-4,15H2,1H3,(H,16,19)(H,17,18). The zero-order valence-corrected chi connectivity index (χ0v) is 11.3. The molecule has 0 aliphatic heterocycles. The summed E-state index contributed by atoms with van der Waals surface area (Å²) in [6, 6.07) is 4.31. The molecule has 0 saturated heterocycles. The molecule has 0 bridgehead atoms. The van der Waals surface area contributed by atoms with Crippen molar-refractivity contribution in [2.75, 3.05) is 5.73 Å². The van der Waals surface area contributed by atoms with E-state index in [2.05, 4.69) is 10.6 Å². The van der Waals surface area contributed by atoms with Crippen LogP contribution in [0.2, 0.25) is 5.02 Å². The van der Waals surface area contributed by atoms with Crippen molar-refractivity contribution in [2.45, 2.75) is 31.8 Å². The second kappa shape index (κ2) is 5.48. The zero-order chi connectivity index (χ0) is 14.0. The molecule has 6 heteroatoms. The zero-order valence-electron chi connectivity index (χ0n) is 10.6. The van der Waals surface area contributed by atoms with Crippen LogP contribution in [0.25, 0.3) is 0 Å². The van der Waals surface area contributed by atoms with Crippen LogP contribution in [0.3, 0.4) is 0 Å². The predicted octanol–water partition coefficient (Wildman–Crippen LogP) is 1.32. The van der Waals surface area contributed by atoms with Crippen LogP contribution in [0.5, 0.6) is 0 Å². The lowest BCUT2D eigenvalue weighted by atomic mass is 10.1. The van der Waals surface area contributed by atoms with Crippen molar-refractivity contribution in [3.8, 4) is 0 Å². The van der Waals surface area contributed by atoms with Crippen LogP contribution in [-0.2, 0) is 4.79 Å². The Hall–Kier alpha value is -1.75. The highest BCUT2D eigenvalue weighted by atomic mass is 35.5. The second-order valence-corrected chi connectivity index (χ2v) is 5.12. The van der Waals surface area contributed by atoms with Crippen LogP contribution in [0.4, 0.5) is 5.69 Å². The highest BCUT2D eigenvalue weighted by Crippen LogP contribution is 2.20. The van der Waals surface area contributed by atoms with E-state index >= 15 is 0 Å². The lowest BCUT2D eigenvalue weighted by molar-refractivity contribution is -0.122. The Bertz CT molecular complexity index is 515. The molecule has 0 heterocycles. The average molecular weight is 282 g/mol. The first-order valence-electron chi connectivity index (χ1n) is 6.13. The molecule has 102 valence electrons. The molecular weight excluding hydrogens is 266 g/mol. The Morgan fingerprint density at radius 1 is 1.42 bits per heavy atom. The molecule has 1 aromatic rings. The summed E-state index contributed by atoms with van der Waals surface area (Å²) < 4.78 is 0. The van der Waals surface area contributed by atoms with E-state index in [0.29, 0.717) is 11.3 Å². The number of carbonyl (C=O) groups excluding carboxylic acids is 2. The third-order valence-corrected chi connectivity index (χ3v) is 3.22. The molecule has 2 amide bonds. The minimum atomic E-state index is -0.596. The molecule has 1 fully saturated rings. The number of nitrogens with one attached hydrogen (secondary N) is 2. The second-order valence-electron chi connectivity index (χ2n) is 4.72. The van der Waals surface area contributed by atoms with Gasteiger partial charge in [0.25, 0.3) is 5.91 Å². The summed E-state index contributed by atoms with van der Waals surface area (Å²) >= 11 is 5.94. The van der Waals surface area contributed by atoms with Gasteiger partial charge < -0.3 is 16.4 Å². The molecular formula is C13H16ClN3O2. The number of amides is 2. The molecule has 1 unspecified atom stereocenters. The molecule has 19 heavy (non-hydrogen) atoms. The molecule has 1 aromatic carbocycles. The van der Waals surface area contributed by atoms with Crippen molar-refractivity contribution in [3.63, 3.8) is 0 Å². The van der Waals surface area contributed by atoms with Crippen molar-refractivity contribution in [1.82, 2.24) is 10.6 Å². The first kappa shape index (κ1) is 13.7. The highest BCUT2D eigenvalue weighted by Gasteiger charge is 2.26. The van der Waals surface area contributed by atoms with Gasteiger partial charge in [-0.3, -0.25) is 9.59 Å². The number of nitrogens with two attached hydrogens (primary N) is 1. The predicted molar refractivity (Wildman–Crippen MR) is 74.0 cm³/mol. The van der Waals surface area contributed by atoms with Gasteiger partial charge in [0, 0.05) is 11.7 Å². The Balaban J connectivity index is 1.97. The van der Waals surface area contributed by atoms with Crippen LogP contribution >= 0.6 is 11.6 Å². The Labute approximate surface area is 116 Å². The van der Waals surface area contributed by atoms with Crippen LogP contribution in [-0.4, -0.2) is 23.9 Å². The van der Waals surface area contributed by atoms with Gasteiger partial charge in [-0.1, -0.05) is 11.6 Å². The summed E-state index contributed by atoms with van der Waals surface area (Å²) in [5.41, 5.74) is 6.35. The lowest BCUT2D eigenvalue weighted by Gasteiger charge is -2.14. The van der Waals surface area contributed by atoms with E-state index in [1.807, 2.05) is 0 Å². The van der Waals surface area contributed by atoms with E-state index in [1.54, 1.807) is 19.1 Å². The first-order valence-corrected chi connectivity index (χ1v) is 6.51.